The second kappa shape index (κ2) is 2.83. The molecule has 54 valence electrons. The molecule has 0 fully saturated rings. The summed E-state index contributed by atoms with van der Waals surface area (Å²) in [5, 5.41) is 0. The minimum atomic E-state index is 0.317. The van der Waals surface area contributed by atoms with Crippen molar-refractivity contribution in [2.45, 2.75) is 0 Å². The Bertz CT molecular complexity index is 246. The summed E-state index contributed by atoms with van der Waals surface area (Å²) in [4.78, 5) is 16.6. The van der Waals surface area contributed by atoms with Gasteiger partial charge in [0.05, 0.1) is 7.11 Å². The largest absolute Gasteiger partial charge is 0.468 e. The van der Waals surface area contributed by atoms with Crippen LogP contribution in [0.4, 0.5) is 0 Å². The van der Waals surface area contributed by atoms with Crippen molar-refractivity contribution in [2.24, 2.45) is 0 Å². The zero-order valence-electron chi connectivity index (χ0n) is 5.22. The van der Waals surface area contributed by atoms with Crippen LogP contribution in [0.2, 0.25) is 0 Å². The third-order valence-corrected chi connectivity index (χ3v) is 1.57. The van der Waals surface area contributed by atoms with Crippen molar-refractivity contribution < 1.29 is 9.53 Å². The molecule has 1 heterocycles. The van der Waals surface area contributed by atoms with Crippen LogP contribution in [-0.2, 0) is 0 Å². The molecular formula is C5H5BrN2O2. The number of halogens is 1. The van der Waals surface area contributed by atoms with E-state index in [1.165, 1.54) is 7.11 Å². The highest BCUT2D eigenvalue weighted by Gasteiger charge is 2.05. The number of hydrogen-bond donors (Lipinski definition) is 1. The Labute approximate surface area is 65.7 Å². The summed E-state index contributed by atoms with van der Waals surface area (Å²) in [7, 11) is 1.47. The second-order valence-electron chi connectivity index (χ2n) is 1.56. The molecule has 0 aromatic carbocycles. The minimum Gasteiger partial charge on any atom is -0.468 e. The van der Waals surface area contributed by atoms with Gasteiger partial charge in [-0.2, -0.15) is 4.98 Å². The van der Waals surface area contributed by atoms with E-state index in [0.29, 0.717) is 22.6 Å². The predicted octanol–water partition coefficient (Wildman–Crippen LogP) is 0.993. The molecule has 10 heavy (non-hydrogen) atoms. The SMILES string of the molecule is COc1nc(C=O)c(Br)[nH]1. The van der Waals surface area contributed by atoms with Gasteiger partial charge in [-0.25, -0.2) is 0 Å². The molecular weight excluding hydrogens is 200 g/mol. The Morgan fingerprint density at radius 1 is 1.80 bits per heavy atom. The summed E-state index contributed by atoms with van der Waals surface area (Å²) < 4.78 is 5.26. The maximum Gasteiger partial charge on any atom is 0.294 e. The van der Waals surface area contributed by atoms with E-state index in [1.54, 1.807) is 0 Å². The molecule has 0 amide bonds. The quantitative estimate of drug-likeness (QED) is 0.732. The van der Waals surface area contributed by atoms with Gasteiger partial charge in [0.25, 0.3) is 6.01 Å². The van der Waals surface area contributed by atoms with Gasteiger partial charge >= 0.3 is 0 Å². The zero-order chi connectivity index (χ0) is 7.56. The highest BCUT2D eigenvalue weighted by Crippen LogP contribution is 2.14. The van der Waals surface area contributed by atoms with E-state index >= 15 is 0 Å². The highest BCUT2D eigenvalue weighted by atomic mass is 79.9. The van der Waals surface area contributed by atoms with E-state index in [2.05, 4.69) is 25.9 Å². The fourth-order valence-electron chi connectivity index (χ4n) is 0.519. The maximum absolute atomic E-state index is 10.2. The number of aromatic nitrogens is 2. The maximum atomic E-state index is 10.2. The second-order valence-corrected chi connectivity index (χ2v) is 2.36. The number of imidazole rings is 1. The van der Waals surface area contributed by atoms with Crippen molar-refractivity contribution in [1.29, 1.82) is 0 Å². The predicted molar refractivity (Wildman–Crippen MR) is 38.2 cm³/mol. The van der Waals surface area contributed by atoms with E-state index < -0.39 is 0 Å². The molecule has 0 unspecified atom stereocenters. The van der Waals surface area contributed by atoms with E-state index in [0.717, 1.165) is 0 Å². The van der Waals surface area contributed by atoms with Crippen molar-refractivity contribution in [2.75, 3.05) is 7.11 Å². The van der Waals surface area contributed by atoms with Crippen molar-refractivity contribution in [3.8, 4) is 6.01 Å². The topological polar surface area (TPSA) is 55.0 Å². The lowest BCUT2D eigenvalue weighted by Gasteiger charge is -1.86. The first kappa shape index (κ1) is 7.27. The van der Waals surface area contributed by atoms with Gasteiger partial charge in [0.2, 0.25) is 0 Å². The molecule has 0 aliphatic rings. The average molecular weight is 205 g/mol. The average Bonchev–Trinajstić information content (AvgIpc) is 2.30. The molecule has 4 nitrogen and oxygen atoms in total. The van der Waals surface area contributed by atoms with Gasteiger partial charge in [0.15, 0.2) is 6.29 Å². The van der Waals surface area contributed by atoms with Crippen LogP contribution < -0.4 is 4.74 Å². The van der Waals surface area contributed by atoms with Crippen LogP contribution in [0.3, 0.4) is 0 Å². The molecule has 5 heteroatoms. The molecule has 0 aliphatic carbocycles. The number of methoxy groups -OCH3 is 1. The third kappa shape index (κ3) is 1.18. The molecule has 1 aromatic heterocycles. The standard InChI is InChI=1S/C5H5BrN2O2/c1-10-5-7-3(2-9)4(6)8-5/h2H,1H3,(H,7,8). The van der Waals surface area contributed by atoms with Crippen LogP contribution in [0.15, 0.2) is 4.60 Å². The first-order chi connectivity index (χ1) is 4.77. The van der Waals surface area contributed by atoms with Gasteiger partial charge in [-0.15, -0.1) is 0 Å². The highest BCUT2D eigenvalue weighted by molar-refractivity contribution is 9.10. The lowest BCUT2D eigenvalue weighted by molar-refractivity contribution is 0.111. The Morgan fingerprint density at radius 3 is 2.80 bits per heavy atom. The summed E-state index contributed by atoms with van der Waals surface area (Å²) in [5.74, 6) is 0. The molecule has 0 radical (unpaired) electrons. The van der Waals surface area contributed by atoms with Crippen LogP contribution in [0.5, 0.6) is 6.01 Å². The minimum absolute atomic E-state index is 0.317. The summed E-state index contributed by atoms with van der Waals surface area (Å²) >= 11 is 3.09. The number of rotatable bonds is 2. The zero-order valence-corrected chi connectivity index (χ0v) is 6.81. The van der Waals surface area contributed by atoms with Gasteiger partial charge in [-0.1, -0.05) is 0 Å². The van der Waals surface area contributed by atoms with Crippen molar-refractivity contribution >= 4 is 22.2 Å². The molecule has 0 spiro atoms. The Kier molecular flexibility index (Phi) is 2.06. The van der Waals surface area contributed by atoms with E-state index in [-0.39, 0.29) is 0 Å². The van der Waals surface area contributed by atoms with Crippen molar-refractivity contribution in [1.82, 2.24) is 9.97 Å². The molecule has 1 rings (SSSR count). The van der Waals surface area contributed by atoms with Gasteiger partial charge in [-0.05, 0) is 15.9 Å². The van der Waals surface area contributed by atoms with Crippen molar-refractivity contribution in [3.05, 3.63) is 10.3 Å². The molecule has 0 atom stereocenters. The lowest BCUT2D eigenvalue weighted by Crippen LogP contribution is -1.84. The number of carbonyl (C=O) groups excluding carboxylic acids is 1. The number of carbonyl (C=O) groups is 1. The Morgan fingerprint density at radius 2 is 2.50 bits per heavy atom. The molecule has 0 bridgehead atoms. The summed E-state index contributed by atoms with van der Waals surface area (Å²) in [5.41, 5.74) is 0.317. The van der Waals surface area contributed by atoms with E-state index in [9.17, 15) is 4.79 Å². The van der Waals surface area contributed by atoms with Crippen LogP contribution in [0.25, 0.3) is 0 Å². The monoisotopic (exact) mass is 204 g/mol. The number of ether oxygens (including phenoxy) is 1. The Hall–Kier alpha value is -0.840. The number of H-pyrrole nitrogens is 1. The fraction of sp³-hybridized carbons (Fsp3) is 0.200. The van der Waals surface area contributed by atoms with Gasteiger partial charge in [-0.3, -0.25) is 4.79 Å². The molecule has 0 saturated heterocycles. The lowest BCUT2D eigenvalue weighted by atomic mass is 10.6. The van der Waals surface area contributed by atoms with Crippen LogP contribution >= 0.6 is 15.9 Å². The summed E-state index contributed by atoms with van der Waals surface area (Å²) in [6.07, 6.45) is 0.642. The number of aldehydes is 1. The van der Waals surface area contributed by atoms with Crippen LogP contribution in [-0.4, -0.2) is 23.4 Å². The molecule has 0 aliphatic heterocycles. The smallest absolute Gasteiger partial charge is 0.294 e. The third-order valence-electron chi connectivity index (χ3n) is 0.969. The van der Waals surface area contributed by atoms with Gasteiger partial charge < -0.3 is 9.72 Å². The number of aromatic amines is 1. The first-order valence-electron chi connectivity index (χ1n) is 2.52. The summed E-state index contributed by atoms with van der Waals surface area (Å²) in [6.45, 7) is 0. The van der Waals surface area contributed by atoms with Crippen molar-refractivity contribution in [3.63, 3.8) is 0 Å². The first-order valence-corrected chi connectivity index (χ1v) is 3.32. The van der Waals surface area contributed by atoms with E-state index in [1.807, 2.05) is 0 Å². The van der Waals surface area contributed by atoms with Gasteiger partial charge in [0.1, 0.15) is 10.3 Å². The van der Waals surface area contributed by atoms with Gasteiger partial charge in [0, 0.05) is 0 Å². The number of nitrogens with one attached hydrogen (secondary N) is 1. The molecule has 1 N–H and O–H groups in total. The normalized spacial score (nSPS) is 9.40. The van der Waals surface area contributed by atoms with Crippen LogP contribution in [0.1, 0.15) is 10.5 Å². The van der Waals surface area contributed by atoms with E-state index in [4.69, 9.17) is 4.74 Å². The summed E-state index contributed by atoms with van der Waals surface area (Å²) in [6, 6.07) is 0.328. The fourth-order valence-corrected chi connectivity index (χ4v) is 0.871. The molecule has 0 saturated carbocycles. The van der Waals surface area contributed by atoms with Crippen LogP contribution in [0, 0.1) is 0 Å². The number of hydrogen-bond acceptors (Lipinski definition) is 3. The molecule has 1 aromatic rings. The number of nitrogens with zero attached hydrogens (tertiary/aromatic N) is 1. The Balaban J connectivity index is 3.03.